The molecule has 0 unspecified atom stereocenters. The minimum Gasteiger partial charge on any atom is -0.507 e. The zero-order valence-corrected chi connectivity index (χ0v) is 9.07. The second-order valence-corrected chi connectivity index (χ2v) is 3.83. The molecular weight excluding hydrogens is 226 g/mol. The summed E-state index contributed by atoms with van der Waals surface area (Å²) in [5, 5.41) is 11.1. The molecule has 2 aromatic heterocycles. The van der Waals surface area contributed by atoms with Gasteiger partial charge < -0.3 is 15.3 Å². The molecule has 0 aliphatic heterocycles. The lowest BCUT2D eigenvalue weighted by Gasteiger charge is -1.97. The summed E-state index contributed by atoms with van der Waals surface area (Å²) in [5.74, 6) is 0.376. The van der Waals surface area contributed by atoms with Gasteiger partial charge in [-0.2, -0.15) is 0 Å². The lowest BCUT2D eigenvalue weighted by Crippen LogP contribution is -2.12. The van der Waals surface area contributed by atoms with Gasteiger partial charge in [0.15, 0.2) is 5.84 Å². The Bertz CT molecular complexity index is 528. The maximum Gasteiger partial charge on any atom is 0.262 e. The largest absolute Gasteiger partial charge is 0.507 e. The fraction of sp³-hybridized carbons (Fsp3) is 0. The van der Waals surface area contributed by atoms with Crippen LogP contribution in [-0.2, 0) is 0 Å². The Kier molecular flexibility index (Phi) is 2.74. The number of hydrogen-bond donors (Lipinski definition) is 2. The Morgan fingerprint density at radius 3 is 3.06 bits per heavy atom. The van der Waals surface area contributed by atoms with Crippen LogP contribution < -0.4 is 5.73 Å². The van der Waals surface area contributed by atoms with Gasteiger partial charge in [-0.3, -0.25) is 0 Å². The molecule has 0 saturated carbocycles. The van der Waals surface area contributed by atoms with Crippen LogP contribution in [0.4, 0.5) is 5.69 Å². The number of aliphatic hydroxyl groups excluding tert-OH is 1. The molecule has 2 heterocycles. The lowest BCUT2D eigenvalue weighted by atomic mass is 10.3. The van der Waals surface area contributed by atoms with Crippen LogP contribution in [0.3, 0.4) is 0 Å². The predicted molar refractivity (Wildman–Crippen MR) is 62.9 cm³/mol. The summed E-state index contributed by atoms with van der Waals surface area (Å²) in [6.07, 6.45) is 2.90. The summed E-state index contributed by atoms with van der Waals surface area (Å²) in [4.78, 5) is 8.56. The van der Waals surface area contributed by atoms with Crippen LogP contribution in [0.2, 0.25) is 0 Å². The zero-order chi connectivity index (χ0) is 11.5. The standard InChI is InChI=1S/C10H9N3O2S/c1-6(14)8-7(2-5-16-8)13-9(11)10-12-3-4-15-10/h2-5,14H,1H2,(H2,11,13). The molecule has 16 heavy (non-hydrogen) atoms. The third kappa shape index (κ3) is 1.96. The van der Waals surface area contributed by atoms with E-state index in [0.29, 0.717) is 10.6 Å². The number of hydrogen-bond acceptors (Lipinski definition) is 5. The summed E-state index contributed by atoms with van der Waals surface area (Å²) in [5.41, 5.74) is 6.24. The van der Waals surface area contributed by atoms with E-state index in [4.69, 9.17) is 10.2 Å². The first-order chi connectivity index (χ1) is 7.68. The van der Waals surface area contributed by atoms with Gasteiger partial charge in [0.1, 0.15) is 12.0 Å². The molecule has 6 heteroatoms. The van der Waals surface area contributed by atoms with E-state index in [1.54, 1.807) is 11.4 Å². The van der Waals surface area contributed by atoms with E-state index in [9.17, 15) is 5.11 Å². The van der Waals surface area contributed by atoms with E-state index in [-0.39, 0.29) is 17.5 Å². The van der Waals surface area contributed by atoms with Crippen LogP contribution in [0.25, 0.3) is 5.76 Å². The predicted octanol–water partition coefficient (Wildman–Crippen LogP) is 2.30. The van der Waals surface area contributed by atoms with Crippen molar-refractivity contribution in [3.8, 4) is 0 Å². The van der Waals surface area contributed by atoms with Gasteiger partial charge in [-0.05, 0) is 11.4 Å². The molecule has 0 spiro atoms. The Morgan fingerprint density at radius 1 is 1.62 bits per heavy atom. The molecule has 0 bridgehead atoms. The monoisotopic (exact) mass is 235 g/mol. The van der Waals surface area contributed by atoms with Gasteiger partial charge in [0.2, 0.25) is 0 Å². The molecule has 0 saturated heterocycles. The Balaban J connectivity index is 2.36. The Morgan fingerprint density at radius 2 is 2.44 bits per heavy atom. The Labute approximate surface area is 95.6 Å². The van der Waals surface area contributed by atoms with Crippen LogP contribution in [0.15, 0.2) is 39.9 Å². The summed E-state index contributed by atoms with van der Waals surface area (Å²) < 4.78 is 5.00. The maximum atomic E-state index is 9.30. The molecule has 3 N–H and O–H groups in total. The van der Waals surface area contributed by atoms with E-state index in [0.717, 1.165) is 0 Å². The molecule has 0 fully saturated rings. The van der Waals surface area contributed by atoms with E-state index in [1.165, 1.54) is 23.8 Å². The molecule has 0 radical (unpaired) electrons. The molecule has 0 aliphatic rings. The van der Waals surface area contributed by atoms with Gasteiger partial charge in [-0.15, -0.1) is 11.3 Å². The number of aromatic nitrogens is 1. The van der Waals surface area contributed by atoms with E-state index in [1.807, 2.05) is 0 Å². The van der Waals surface area contributed by atoms with Crippen LogP contribution in [0.5, 0.6) is 0 Å². The van der Waals surface area contributed by atoms with Crippen molar-refractivity contribution in [2.75, 3.05) is 0 Å². The van der Waals surface area contributed by atoms with Crippen molar-refractivity contribution in [3.63, 3.8) is 0 Å². The number of aliphatic hydroxyl groups is 1. The third-order valence-corrected chi connectivity index (χ3v) is 2.75. The SMILES string of the molecule is C=C(O)c1sccc1N=C(N)c1ncco1. The highest BCUT2D eigenvalue weighted by Crippen LogP contribution is 2.30. The summed E-state index contributed by atoms with van der Waals surface area (Å²) in [7, 11) is 0. The highest BCUT2D eigenvalue weighted by molar-refractivity contribution is 7.11. The van der Waals surface area contributed by atoms with Crippen LogP contribution >= 0.6 is 11.3 Å². The van der Waals surface area contributed by atoms with Crippen LogP contribution in [0, 0.1) is 0 Å². The first kappa shape index (κ1) is 10.4. The molecule has 0 aliphatic carbocycles. The fourth-order valence-electron chi connectivity index (χ4n) is 1.13. The Hall–Kier alpha value is -2.08. The van der Waals surface area contributed by atoms with Gasteiger partial charge in [-0.25, -0.2) is 9.98 Å². The van der Waals surface area contributed by atoms with Crippen LogP contribution in [-0.4, -0.2) is 15.9 Å². The average Bonchev–Trinajstić information content (AvgIpc) is 2.86. The first-order valence-corrected chi connectivity index (χ1v) is 5.26. The number of aliphatic imine (C=N–C) groups is 1. The molecule has 2 rings (SSSR count). The number of thiophene rings is 1. The van der Waals surface area contributed by atoms with Crippen molar-refractivity contribution in [2.24, 2.45) is 10.7 Å². The topological polar surface area (TPSA) is 84.6 Å². The zero-order valence-electron chi connectivity index (χ0n) is 8.25. The lowest BCUT2D eigenvalue weighted by molar-refractivity contribution is 0.516. The molecule has 0 amide bonds. The number of oxazole rings is 1. The van der Waals surface area contributed by atoms with E-state index >= 15 is 0 Å². The van der Waals surface area contributed by atoms with Crippen molar-refractivity contribution in [1.29, 1.82) is 0 Å². The van der Waals surface area contributed by atoms with Gasteiger partial charge in [0, 0.05) is 0 Å². The number of rotatable bonds is 3. The van der Waals surface area contributed by atoms with Crippen molar-refractivity contribution in [1.82, 2.24) is 4.98 Å². The summed E-state index contributed by atoms with van der Waals surface area (Å²) in [6.45, 7) is 3.45. The minimum atomic E-state index is -0.0334. The highest BCUT2D eigenvalue weighted by Gasteiger charge is 2.09. The number of nitrogens with two attached hydrogens (primary N) is 1. The molecule has 82 valence electrons. The smallest absolute Gasteiger partial charge is 0.262 e. The molecule has 0 atom stereocenters. The average molecular weight is 235 g/mol. The maximum absolute atomic E-state index is 9.30. The molecular formula is C10H9N3O2S. The molecule has 0 aromatic carbocycles. The highest BCUT2D eigenvalue weighted by atomic mass is 32.1. The molecule has 2 aromatic rings. The number of nitrogens with zero attached hydrogens (tertiary/aromatic N) is 2. The number of amidine groups is 1. The van der Waals surface area contributed by atoms with Crippen molar-refractivity contribution in [3.05, 3.63) is 41.3 Å². The second kappa shape index (κ2) is 4.19. The van der Waals surface area contributed by atoms with Gasteiger partial charge in [0.05, 0.1) is 16.8 Å². The molecule has 5 nitrogen and oxygen atoms in total. The summed E-state index contributed by atoms with van der Waals surface area (Å²) in [6, 6.07) is 1.73. The third-order valence-electron chi connectivity index (χ3n) is 1.80. The van der Waals surface area contributed by atoms with E-state index < -0.39 is 0 Å². The van der Waals surface area contributed by atoms with Crippen LogP contribution in [0.1, 0.15) is 10.8 Å². The van der Waals surface area contributed by atoms with Crippen molar-refractivity contribution >= 4 is 28.6 Å². The first-order valence-electron chi connectivity index (χ1n) is 4.38. The second-order valence-electron chi connectivity index (χ2n) is 2.92. The normalized spacial score (nSPS) is 11.6. The van der Waals surface area contributed by atoms with E-state index in [2.05, 4.69) is 16.6 Å². The van der Waals surface area contributed by atoms with Gasteiger partial charge in [0.25, 0.3) is 5.89 Å². The minimum absolute atomic E-state index is 0.0334. The van der Waals surface area contributed by atoms with Crippen molar-refractivity contribution in [2.45, 2.75) is 0 Å². The summed E-state index contributed by atoms with van der Waals surface area (Å²) >= 11 is 1.33. The van der Waals surface area contributed by atoms with Gasteiger partial charge >= 0.3 is 0 Å². The van der Waals surface area contributed by atoms with Crippen molar-refractivity contribution < 1.29 is 9.52 Å². The quantitative estimate of drug-likeness (QED) is 0.485. The van der Waals surface area contributed by atoms with Gasteiger partial charge in [-0.1, -0.05) is 6.58 Å². The fourth-order valence-corrected chi connectivity index (χ4v) is 1.84.